The highest BCUT2D eigenvalue weighted by atomic mass is 19.4. The molecule has 3 nitrogen and oxygen atoms in total. The van der Waals surface area contributed by atoms with Crippen LogP contribution in [0.15, 0.2) is 60.9 Å². The van der Waals surface area contributed by atoms with Gasteiger partial charge in [0, 0.05) is 25.2 Å². The van der Waals surface area contributed by atoms with Gasteiger partial charge in [-0.3, -0.25) is 4.90 Å². The summed E-state index contributed by atoms with van der Waals surface area (Å²) in [4.78, 5) is 9.69. The Morgan fingerprint density at radius 3 is 2.54 bits per heavy atom. The Kier molecular flexibility index (Phi) is 4.28. The number of alkyl halides is 3. The third-order valence-electron chi connectivity index (χ3n) is 4.84. The van der Waals surface area contributed by atoms with Crippen LogP contribution in [-0.2, 0) is 19.1 Å². The molecule has 3 aromatic rings. The van der Waals surface area contributed by atoms with Crippen molar-refractivity contribution < 1.29 is 13.2 Å². The van der Waals surface area contributed by atoms with E-state index >= 15 is 0 Å². The minimum atomic E-state index is -4.36. The minimum Gasteiger partial charge on any atom is -0.348 e. The molecule has 1 aliphatic rings. The summed E-state index contributed by atoms with van der Waals surface area (Å²) < 4.78 is 40.1. The van der Waals surface area contributed by atoms with E-state index in [1.54, 1.807) is 18.5 Å². The summed E-state index contributed by atoms with van der Waals surface area (Å²) in [5.41, 5.74) is 2.70. The molecule has 1 aliphatic heterocycles. The molecule has 0 saturated carbocycles. The first-order chi connectivity index (χ1) is 12.5. The number of hydrogen-bond donors (Lipinski definition) is 1. The van der Waals surface area contributed by atoms with Gasteiger partial charge in [-0.1, -0.05) is 48.5 Å². The van der Waals surface area contributed by atoms with Crippen molar-refractivity contribution in [3.63, 3.8) is 0 Å². The van der Waals surface area contributed by atoms with Crippen molar-refractivity contribution in [1.29, 1.82) is 0 Å². The maximum absolute atomic E-state index is 13.4. The quantitative estimate of drug-likeness (QED) is 0.744. The lowest BCUT2D eigenvalue weighted by molar-refractivity contribution is -0.138. The molecular formula is C20H18F3N3. The fraction of sp³-hybridized carbons (Fsp3) is 0.250. The van der Waals surface area contributed by atoms with E-state index in [1.807, 2.05) is 30.3 Å². The van der Waals surface area contributed by atoms with Gasteiger partial charge in [-0.05, 0) is 17.2 Å². The molecule has 2 heterocycles. The monoisotopic (exact) mass is 357 g/mol. The number of rotatable bonds is 3. The van der Waals surface area contributed by atoms with Crippen LogP contribution in [0.4, 0.5) is 13.2 Å². The van der Waals surface area contributed by atoms with Crippen LogP contribution in [-0.4, -0.2) is 21.4 Å². The molecule has 0 radical (unpaired) electrons. The van der Waals surface area contributed by atoms with E-state index in [0.717, 1.165) is 29.4 Å². The van der Waals surface area contributed by atoms with E-state index in [4.69, 9.17) is 0 Å². The zero-order valence-electron chi connectivity index (χ0n) is 14.0. The Balaban J connectivity index is 1.73. The maximum atomic E-state index is 13.4. The predicted molar refractivity (Wildman–Crippen MR) is 92.4 cm³/mol. The lowest BCUT2D eigenvalue weighted by Gasteiger charge is -2.35. The zero-order valence-corrected chi connectivity index (χ0v) is 14.0. The Hall–Kier alpha value is -2.60. The number of aromatic nitrogens is 2. The minimum absolute atomic E-state index is 0.160. The van der Waals surface area contributed by atoms with E-state index in [1.165, 1.54) is 6.07 Å². The van der Waals surface area contributed by atoms with Gasteiger partial charge in [0.2, 0.25) is 0 Å². The van der Waals surface area contributed by atoms with E-state index < -0.39 is 11.7 Å². The van der Waals surface area contributed by atoms with Crippen LogP contribution in [0, 0.1) is 0 Å². The number of aromatic amines is 1. The second kappa shape index (κ2) is 6.61. The predicted octanol–water partition coefficient (Wildman–Crippen LogP) is 4.58. The van der Waals surface area contributed by atoms with Gasteiger partial charge in [-0.2, -0.15) is 13.2 Å². The highest BCUT2D eigenvalue weighted by Gasteiger charge is 2.35. The lowest BCUT2D eigenvalue weighted by Crippen LogP contribution is -2.36. The van der Waals surface area contributed by atoms with Crippen LogP contribution in [0.2, 0.25) is 0 Å². The first-order valence-electron chi connectivity index (χ1n) is 8.50. The molecule has 1 atom stereocenters. The molecule has 134 valence electrons. The molecule has 1 aromatic heterocycles. The van der Waals surface area contributed by atoms with Gasteiger partial charge < -0.3 is 4.98 Å². The molecule has 1 unspecified atom stereocenters. The molecule has 0 amide bonds. The third-order valence-corrected chi connectivity index (χ3v) is 4.84. The normalized spacial score (nSPS) is 17.9. The van der Waals surface area contributed by atoms with Crippen LogP contribution in [0.3, 0.4) is 0 Å². The Morgan fingerprint density at radius 2 is 1.77 bits per heavy atom. The summed E-state index contributed by atoms with van der Waals surface area (Å²) >= 11 is 0. The second-order valence-corrected chi connectivity index (χ2v) is 6.45. The van der Waals surface area contributed by atoms with Crippen molar-refractivity contribution in [3.05, 3.63) is 89.0 Å². The van der Waals surface area contributed by atoms with Gasteiger partial charge >= 0.3 is 6.18 Å². The van der Waals surface area contributed by atoms with Crippen LogP contribution in [0.1, 0.15) is 34.1 Å². The smallest absolute Gasteiger partial charge is 0.348 e. The van der Waals surface area contributed by atoms with Gasteiger partial charge in [0.25, 0.3) is 0 Å². The van der Waals surface area contributed by atoms with Gasteiger partial charge in [0.15, 0.2) is 0 Å². The Morgan fingerprint density at radius 1 is 1.04 bits per heavy atom. The van der Waals surface area contributed by atoms with Crippen molar-refractivity contribution in [2.75, 3.05) is 6.54 Å². The third kappa shape index (κ3) is 3.12. The summed E-state index contributed by atoms with van der Waals surface area (Å²) in [6, 6.07) is 15.5. The van der Waals surface area contributed by atoms with Gasteiger partial charge in [0.1, 0.15) is 0 Å². The van der Waals surface area contributed by atoms with Crippen LogP contribution >= 0.6 is 0 Å². The van der Waals surface area contributed by atoms with E-state index in [0.29, 0.717) is 12.1 Å². The van der Waals surface area contributed by atoms with Crippen LogP contribution < -0.4 is 0 Å². The van der Waals surface area contributed by atoms with Gasteiger partial charge in [-0.25, -0.2) is 4.98 Å². The molecule has 2 aromatic carbocycles. The number of H-pyrrole nitrogens is 1. The fourth-order valence-electron chi connectivity index (χ4n) is 3.65. The van der Waals surface area contributed by atoms with Crippen molar-refractivity contribution in [3.8, 4) is 0 Å². The standard InChI is InChI=1S/C20H18F3N3/c21-20(22,23)16-9-5-4-8-15(16)12-26-11-10-17-18(25-13-24-17)19(26)14-6-2-1-3-7-14/h1-9,13,19H,10-12H2,(H,24,25). The molecule has 0 bridgehead atoms. The van der Waals surface area contributed by atoms with Crippen molar-refractivity contribution in [2.24, 2.45) is 0 Å². The topological polar surface area (TPSA) is 31.9 Å². The van der Waals surface area contributed by atoms with Crippen molar-refractivity contribution in [1.82, 2.24) is 14.9 Å². The average molecular weight is 357 g/mol. The maximum Gasteiger partial charge on any atom is 0.416 e. The van der Waals surface area contributed by atoms with Crippen molar-refractivity contribution in [2.45, 2.75) is 25.2 Å². The number of fused-ring (bicyclic) bond motifs is 1. The van der Waals surface area contributed by atoms with E-state index in [-0.39, 0.29) is 12.6 Å². The number of hydrogen-bond acceptors (Lipinski definition) is 2. The first kappa shape index (κ1) is 16.8. The number of nitrogens with zero attached hydrogens (tertiary/aromatic N) is 2. The zero-order chi connectivity index (χ0) is 18.1. The van der Waals surface area contributed by atoms with Crippen LogP contribution in [0.5, 0.6) is 0 Å². The highest BCUT2D eigenvalue weighted by molar-refractivity contribution is 5.34. The number of benzene rings is 2. The molecule has 1 N–H and O–H groups in total. The molecule has 0 saturated heterocycles. The van der Waals surface area contributed by atoms with Gasteiger partial charge in [0.05, 0.1) is 23.6 Å². The molecule has 6 heteroatoms. The second-order valence-electron chi connectivity index (χ2n) is 6.45. The first-order valence-corrected chi connectivity index (χ1v) is 8.50. The molecule has 26 heavy (non-hydrogen) atoms. The van der Waals surface area contributed by atoms with Crippen molar-refractivity contribution >= 4 is 0 Å². The van der Waals surface area contributed by atoms with E-state index in [9.17, 15) is 13.2 Å². The largest absolute Gasteiger partial charge is 0.416 e. The summed E-state index contributed by atoms with van der Waals surface area (Å²) in [6.07, 6.45) is -1.95. The summed E-state index contributed by atoms with van der Waals surface area (Å²) in [5, 5.41) is 0. The van der Waals surface area contributed by atoms with Crippen LogP contribution in [0.25, 0.3) is 0 Å². The van der Waals surface area contributed by atoms with E-state index in [2.05, 4.69) is 14.9 Å². The summed E-state index contributed by atoms with van der Waals surface area (Å²) in [6.45, 7) is 0.891. The summed E-state index contributed by atoms with van der Waals surface area (Å²) in [5.74, 6) is 0. The Bertz CT molecular complexity index is 887. The molecular weight excluding hydrogens is 339 g/mol. The Labute approximate surface area is 149 Å². The van der Waals surface area contributed by atoms with Gasteiger partial charge in [-0.15, -0.1) is 0 Å². The molecule has 0 fully saturated rings. The number of halogens is 3. The molecule has 0 spiro atoms. The SMILES string of the molecule is FC(F)(F)c1ccccc1CN1CCc2[nH]cnc2C1c1ccccc1. The lowest BCUT2D eigenvalue weighted by atomic mass is 9.94. The number of imidazole rings is 1. The average Bonchev–Trinajstić information content (AvgIpc) is 3.10. The number of nitrogens with one attached hydrogen (secondary N) is 1. The fourth-order valence-corrected chi connectivity index (χ4v) is 3.65. The molecule has 4 rings (SSSR count). The summed E-state index contributed by atoms with van der Waals surface area (Å²) in [7, 11) is 0. The molecule has 0 aliphatic carbocycles. The highest BCUT2D eigenvalue weighted by Crippen LogP contribution is 2.37.